The van der Waals surface area contributed by atoms with Gasteiger partial charge in [-0.25, -0.2) is 4.98 Å². The van der Waals surface area contributed by atoms with Crippen molar-refractivity contribution in [2.75, 3.05) is 6.61 Å². The highest BCUT2D eigenvalue weighted by Gasteiger charge is 1.98. The first-order valence-electron chi connectivity index (χ1n) is 4.27. The molecule has 0 radical (unpaired) electrons. The van der Waals surface area contributed by atoms with Crippen molar-refractivity contribution >= 4 is 28.0 Å². The molecule has 0 unspecified atom stereocenters. The number of thiazole rings is 1. The van der Waals surface area contributed by atoms with Crippen LogP contribution in [0.25, 0.3) is 10.2 Å². The summed E-state index contributed by atoms with van der Waals surface area (Å²) in [7, 11) is 0. The van der Waals surface area contributed by atoms with Gasteiger partial charge in [-0.15, -0.1) is 11.3 Å². The van der Waals surface area contributed by atoms with E-state index >= 15 is 0 Å². The molecule has 1 aromatic carbocycles. The first kappa shape index (κ1) is 9.15. The number of fused-ring (bicyclic) bond motifs is 1. The van der Waals surface area contributed by atoms with Gasteiger partial charge in [-0.05, 0) is 17.7 Å². The minimum atomic E-state index is 0.438. The van der Waals surface area contributed by atoms with E-state index in [1.54, 1.807) is 11.3 Å². The molecule has 72 valence electrons. The van der Waals surface area contributed by atoms with Gasteiger partial charge in [-0.2, -0.15) is 0 Å². The van der Waals surface area contributed by atoms with Crippen molar-refractivity contribution in [3.8, 4) is 0 Å². The van der Waals surface area contributed by atoms with Crippen molar-refractivity contribution in [1.29, 1.82) is 0 Å². The summed E-state index contributed by atoms with van der Waals surface area (Å²) >= 11 is 1.62. The first-order valence-corrected chi connectivity index (χ1v) is 5.15. The zero-order valence-electron chi connectivity index (χ0n) is 7.47. The number of aromatic nitrogens is 1. The van der Waals surface area contributed by atoms with E-state index in [2.05, 4.69) is 15.8 Å². The number of carbonyl (C=O) groups excluding carboxylic acids is 1. The fraction of sp³-hybridized carbons (Fsp3) is 0.200. The average Bonchev–Trinajstić information content (AvgIpc) is 2.65. The van der Waals surface area contributed by atoms with Crippen molar-refractivity contribution in [3.63, 3.8) is 0 Å². The molecule has 0 aliphatic heterocycles. The molecule has 0 saturated carbocycles. The van der Waals surface area contributed by atoms with Crippen LogP contribution < -0.4 is 0 Å². The predicted octanol–water partition coefficient (Wildman–Crippen LogP) is 2.01. The number of ether oxygens (including phenoxy) is 1. The number of carbonyl (C=O) groups is 1. The molecule has 0 bridgehead atoms. The Hall–Kier alpha value is -1.42. The topological polar surface area (TPSA) is 39.2 Å². The van der Waals surface area contributed by atoms with E-state index in [1.165, 1.54) is 10.3 Å². The molecule has 0 saturated heterocycles. The van der Waals surface area contributed by atoms with E-state index in [0.29, 0.717) is 13.1 Å². The van der Waals surface area contributed by atoms with E-state index in [9.17, 15) is 4.79 Å². The largest absolute Gasteiger partial charge is 0.468 e. The Kier molecular flexibility index (Phi) is 2.74. The van der Waals surface area contributed by atoms with Gasteiger partial charge >= 0.3 is 0 Å². The van der Waals surface area contributed by atoms with Gasteiger partial charge in [-0.3, -0.25) is 4.79 Å². The summed E-state index contributed by atoms with van der Waals surface area (Å²) in [6, 6.07) is 6.08. The fourth-order valence-corrected chi connectivity index (χ4v) is 2.02. The fourth-order valence-electron chi connectivity index (χ4n) is 1.28. The van der Waals surface area contributed by atoms with Crippen LogP contribution in [0.1, 0.15) is 5.56 Å². The van der Waals surface area contributed by atoms with Gasteiger partial charge in [-0.1, -0.05) is 6.07 Å². The van der Waals surface area contributed by atoms with Gasteiger partial charge in [0.05, 0.1) is 22.3 Å². The Morgan fingerprint density at radius 1 is 1.50 bits per heavy atom. The highest BCUT2D eigenvalue weighted by atomic mass is 32.1. The lowest BCUT2D eigenvalue weighted by Gasteiger charge is -1.99. The Bertz CT molecular complexity index is 438. The second kappa shape index (κ2) is 4.19. The molecule has 0 fully saturated rings. The number of hydrogen-bond donors (Lipinski definition) is 0. The van der Waals surface area contributed by atoms with Crippen LogP contribution in [0.15, 0.2) is 23.7 Å². The molecule has 14 heavy (non-hydrogen) atoms. The second-order valence-electron chi connectivity index (χ2n) is 2.87. The lowest BCUT2D eigenvalue weighted by molar-refractivity contribution is -0.128. The van der Waals surface area contributed by atoms with Crippen molar-refractivity contribution < 1.29 is 9.53 Å². The highest BCUT2D eigenvalue weighted by molar-refractivity contribution is 7.16. The zero-order chi connectivity index (χ0) is 9.80. The Morgan fingerprint density at radius 3 is 3.29 bits per heavy atom. The van der Waals surface area contributed by atoms with Gasteiger partial charge in [0.15, 0.2) is 0 Å². The molecule has 1 heterocycles. The quantitative estimate of drug-likeness (QED) is 0.568. The van der Waals surface area contributed by atoms with E-state index in [-0.39, 0.29) is 0 Å². The molecule has 4 heteroatoms. The van der Waals surface area contributed by atoms with Crippen LogP contribution in [0.4, 0.5) is 0 Å². The third-order valence-corrected chi connectivity index (χ3v) is 2.76. The number of nitrogens with zero attached hydrogens (tertiary/aromatic N) is 1. The standard InChI is InChI=1S/C10H9NO2S/c12-7-13-4-3-8-1-2-9-10(5-8)14-6-11-9/h1-2,5-7H,3-4H2. The lowest BCUT2D eigenvalue weighted by Crippen LogP contribution is -1.95. The molecular weight excluding hydrogens is 198 g/mol. The highest BCUT2D eigenvalue weighted by Crippen LogP contribution is 2.19. The molecule has 2 aromatic rings. The SMILES string of the molecule is O=COCCc1ccc2ncsc2c1. The van der Waals surface area contributed by atoms with Crippen molar-refractivity contribution in [3.05, 3.63) is 29.3 Å². The van der Waals surface area contributed by atoms with Gasteiger partial charge in [0.25, 0.3) is 6.47 Å². The molecule has 1 aromatic heterocycles. The molecule has 0 aliphatic rings. The van der Waals surface area contributed by atoms with Gasteiger partial charge < -0.3 is 4.74 Å². The summed E-state index contributed by atoms with van der Waals surface area (Å²) in [4.78, 5) is 14.1. The normalized spacial score (nSPS) is 10.3. The van der Waals surface area contributed by atoms with Gasteiger partial charge in [0, 0.05) is 6.42 Å². The molecule has 0 N–H and O–H groups in total. The first-order chi connectivity index (χ1) is 6.90. The third kappa shape index (κ3) is 1.90. The molecule has 3 nitrogen and oxygen atoms in total. The molecule has 0 amide bonds. The second-order valence-corrected chi connectivity index (χ2v) is 3.76. The van der Waals surface area contributed by atoms with Crippen LogP contribution in [0.3, 0.4) is 0 Å². The van der Waals surface area contributed by atoms with Crippen LogP contribution in [0.5, 0.6) is 0 Å². The van der Waals surface area contributed by atoms with E-state index in [0.717, 1.165) is 11.9 Å². The van der Waals surface area contributed by atoms with Gasteiger partial charge in [0.1, 0.15) is 0 Å². The molecular formula is C10H9NO2S. The minimum Gasteiger partial charge on any atom is -0.468 e. The number of hydrogen-bond acceptors (Lipinski definition) is 4. The number of rotatable bonds is 4. The average molecular weight is 207 g/mol. The maximum atomic E-state index is 9.94. The lowest BCUT2D eigenvalue weighted by atomic mass is 10.1. The maximum absolute atomic E-state index is 9.94. The van der Waals surface area contributed by atoms with Crippen LogP contribution in [0, 0.1) is 0 Å². The van der Waals surface area contributed by atoms with Crippen LogP contribution in [-0.2, 0) is 16.0 Å². The summed E-state index contributed by atoms with van der Waals surface area (Å²) in [5.41, 5.74) is 4.02. The molecule has 0 spiro atoms. The summed E-state index contributed by atoms with van der Waals surface area (Å²) in [6.45, 7) is 0.916. The van der Waals surface area contributed by atoms with Gasteiger partial charge in [0.2, 0.25) is 0 Å². The summed E-state index contributed by atoms with van der Waals surface area (Å²) < 4.78 is 5.81. The van der Waals surface area contributed by atoms with E-state index in [4.69, 9.17) is 0 Å². The third-order valence-electron chi connectivity index (χ3n) is 1.97. The minimum absolute atomic E-state index is 0.438. The summed E-state index contributed by atoms with van der Waals surface area (Å²) in [6.07, 6.45) is 0.757. The van der Waals surface area contributed by atoms with Crippen LogP contribution in [0.2, 0.25) is 0 Å². The molecule has 0 atom stereocenters. The van der Waals surface area contributed by atoms with Crippen LogP contribution >= 0.6 is 11.3 Å². The smallest absolute Gasteiger partial charge is 0.293 e. The Morgan fingerprint density at radius 2 is 2.43 bits per heavy atom. The van der Waals surface area contributed by atoms with E-state index < -0.39 is 0 Å². The number of benzene rings is 1. The van der Waals surface area contributed by atoms with Crippen molar-refractivity contribution in [2.24, 2.45) is 0 Å². The predicted molar refractivity (Wildman–Crippen MR) is 55.3 cm³/mol. The molecule has 2 rings (SSSR count). The summed E-state index contributed by atoms with van der Waals surface area (Å²) in [5.74, 6) is 0. The Labute approximate surface area is 85.3 Å². The summed E-state index contributed by atoms with van der Waals surface area (Å²) in [5, 5.41) is 0. The molecule has 0 aliphatic carbocycles. The zero-order valence-corrected chi connectivity index (χ0v) is 8.29. The monoisotopic (exact) mass is 207 g/mol. The van der Waals surface area contributed by atoms with Crippen LogP contribution in [-0.4, -0.2) is 18.1 Å². The maximum Gasteiger partial charge on any atom is 0.293 e. The van der Waals surface area contributed by atoms with Crippen molar-refractivity contribution in [1.82, 2.24) is 4.98 Å². The van der Waals surface area contributed by atoms with E-state index in [1.807, 2.05) is 17.6 Å². The Balaban J connectivity index is 2.13. The van der Waals surface area contributed by atoms with Crippen molar-refractivity contribution in [2.45, 2.75) is 6.42 Å².